The van der Waals surface area contributed by atoms with Crippen LogP contribution in [0.5, 0.6) is 0 Å². The highest BCUT2D eigenvalue weighted by molar-refractivity contribution is 7.71. The van der Waals surface area contributed by atoms with Gasteiger partial charge in [-0.1, -0.05) is 11.6 Å². The van der Waals surface area contributed by atoms with Gasteiger partial charge in [0.05, 0.1) is 16.1 Å². The van der Waals surface area contributed by atoms with Gasteiger partial charge in [-0.3, -0.25) is 4.79 Å². The number of amides is 1. The molecule has 17 heavy (non-hydrogen) atoms. The van der Waals surface area contributed by atoms with E-state index in [-0.39, 0.29) is 17.5 Å². The minimum atomic E-state index is -0.525. The molecular weight excluding hydrogens is 265 g/mol. The number of aromatic amines is 1. The second-order valence-corrected chi connectivity index (χ2v) is 4.27. The molecule has 1 aromatic heterocycles. The van der Waals surface area contributed by atoms with Crippen molar-refractivity contribution >= 4 is 40.8 Å². The fourth-order valence-electron chi connectivity index (χ4n) is 1.53. The van der Waals surface area contributed by atoms with Gasteiger partial charge in [0.15, 0.2) is 4.77 Å². The summed E-state index contributed by atoms with van der Waals surface area (Å²) in [6.45, 7) is 0.0668. The molecule has 0 spiro atoms. The molecule has 0 saturated heterocycles. The first kappa shape index (κ1) is 12.1. The molecule has 1 aromatic carbocycles. The van der Waals surface area contributed by atoms with E-state index < -0.39 is 5.82 Å². The number of fused-ring (bicyclic) bond motifs is 1. The van der Waals surface area contributed by atoms with E-state index in [9.17, 15) is 9.18 Å². The third-order valence-electron chi connectivity index (χ3n) is 2.40. The molecular formula is C10H9ClFN3OS. The molecule has 0 radical (unpaired) electrons. The van der Waals surface area contributed by atoms with Gasteiger partial charge in [0.25, 0.3) is 0 Å². The number of imidazole rings is 1. The van der Waals surface area contributed by atoms with Crippen molar-refractivity contribution in [3.05, 3.63) is 27.7 Å². The maximum Gasteiger partial charge on any atom is 0.239 e. The van der Waals surface area contributed by atoms with Gasteiger partial charge >= 0.3 is 0 Å². The molecule has 0 aliphatic carbocycles. The van der Waals surface area contributed by atoms with Crippen LogP contribution in [-0.2, 0) is 11.3 Å². The maximum absolute atomic E-state index is 13.2. The Morgan fingerprint density at radius 3 is 3.00 bits per heavy atom. The number of carbonyl (C=O) groups excluding carboxylic acids is 1. The van der Waals surface area contributed by atoms with Gasteiger partial charge in [0, 0.05) is 13.1 Å². The van der Waals surface area contributed by atoms with Gasteiger partial charge in [0.2, 0.25) is 5.91 Å². The van der Waals surface area contributed by atoms with E-state index in [2.05, 4.69) is 10.3 Å². The summed E-state index contributed by atoms with van der Waals surface area (Å²) in [4.78, 5) is 14.2. The number of benzene rings is 1. The van der Waals surface area contributed by atoms with Gasteiger partial charge in [-0.2, -0.15) is 0 Å². The summed E-state index contributed by atoms with van der Waals surface area (Å²) in [5.74, 6) is -0.718. The molecule has 90 valence electrons. The highest BCUT2D eigenvalue weighted by atomic mass is 35.5. The molecule has 0 aliphatic rings. The molecule has 0 saturated carbocycles. The second-order valence-electron chi connectivity index (χ2n) is 3.47. The number of nitrogens with zero attached hydrogens (tertiary/aromatic N) is 1. The molecule has 0 unspecified atom stereocenters. The van der Waals surface area contributed by atoms with Crippen LogP contribution in [0.3, 0.4) is 0 Å². The first-order valence-electron chi connectivity index (χ1n) is 4.81. The number of halogens is 2. The van der Waals surface area contributed by atoms with Crippen LogP contribution in [-0.4, -0.2) is 22.5 Å². The quantitative estimate of drug-likeness (QED) is 0.825. The van der Waals surface area contributed by atoms with Gasteiger partial charge in [-0.05, 0) is 18.3 Å². The van der Waals surface area contributed by atoms with Crippen LogP contribution >= 0.6 is 23.8 Å². The first-order chi connectivity index (χ1) is 8.02. The summed E-state index contributed by atoms with van der Waals surface area (Å²) in [5, 5.41) is 2.49. The van der Waals surface area contributed by atoms with Crippen LogP contribution in [0.1, 0.15) is 0 Å². The maximum atomic E-state index is 13.2. The van der Waals surface area contributed by atoms with Crippen LogP contribution in [0.4, 0.5) is 4.39 Å². The summed E-state index contributed by atoms with van der Waals surface area (Å²) in [7, 11) is 1.54. The number of hydrogen-bond donors (Lipinski definition) is 2. The van der Waals surface area contributed by atoms with Crippen molar-refractivity contribution < 1.29 is 9.18 Å². The van der Waals surface area contributed by atoms with Crippen molar-refractivity contribution in [2.45, 2.75) is 6.54 Å². The monoisotopic (exact) mass is 273 g/mol. The largest absolute Gasteiger partial charge is 0.358 e. The number of H-pyrrole nitrogens is 1. The number of nitrogens with one attached hydrogen (secondary N) is 2. The van der Waals surface area contributed by atoms with Crippen LogP contribution in [0.2, 0.25) is 5.02 Å². The number of likely N-dealkylation sites (N-methyl/N-ethyl adjacent to an activating group) is 1. The summed E-state index contributed by atoms with van der Waals surface area (Å²) >= 11 is 10.8. The molecule has 2 rings (SSSR count). The minimum absolute atomic E-state index is 0.00263. The predicted molar refractivity (Wildman–Crippen MR) is 66.2 cm³/mol. The molecule has 0 aliphatic heterocycles. The lowest BCUT2D eigenvalue weighted by Gasteiger charge is -2.03. The normalized spacial score (nSPS) is 10.8. The molecule has 1 amide bonds. The highest BCUT2D eigenvalue weighted by Crippen LogP contribution is 2.22. The van der Waals surface area contributed by atoms with E-state index in [1.165, 1.54) is 19.2 Å². The standard InChI is InChI=1S/C10H9ClFN3OS/c1-13-9(16)4-15-8-2-5(11)6(12)3-7(8)14-10(15)17/h2-3H,4H2,1H3,(H,13,16)(H,14,17). The summed E-state index contributed by atoms with van der Waals surface area (Å²) in [6, 6.07) is 2.70. The number of aromatic nitrogens is 2. The third-order valence-corrected chi connectivity index (χ3v) is 3.01. The molecule has 0 atom stereocenters. The Morgan fingerprint density at radius 1 is 1.65 bits per heavy atom. The zero-order chi connectivity index (χ0) is 12.6. The van der Waals surface area contributed by atoms with Gasteiger partial charge in [-0.25, -0.2) is 4.39 Å². The molecule has 7 heteroatoms. The Bertz CT molecular complexity index is 649. The Labute approximate surface area is 106 Å². The highest BCUT2D eigenvalue weighted by Gasteiger charge is 2.10. The zero-order valence-electron chi connectivity index (χ0n) is 8.88. The van der Waals surface area contributed by atoms with E-state index in [0.717, 1.165) is 0 Å². The van der Waals surface area contributed by atoms with Crippen molar-refractivity contribution in [2.24, 2.45) is 0 Å². The fourth-order valence-corrected chi connectivity index (χ4v) is 1.96. The third kappa shape index (κ3) is 2.18. The Hall–Kier alpha value is -1.40. The van der Waals surface area contributed by atoms with Crippen molar-refractivity contribution in [1.82, 2.24) is 14.9 Å². The lowest BCUT2D eigenvalue weighted by Crippen LogP contribution is -2.23. The van der Waals surface area contributed by atoms with Gasteiger partial charge < -0.3 is 14.9 Å². The van der Waals surface area contributed by atoms with Gasteiger partial charge in [0.1, 0.15) is 12.4 Å². The summed E-state index contributed by atoms with van der Waals surface area (Å²) in [5.41, 5.74) is 1.12. The number of hydrogen-bond acceptors (Lipinski definition) is 2. The minimum Gasteiger partial charge on any atom is -0.358 e. The van der Waals surface area contributed by atoms with Crippen LogP contribution in [0.25, 0.3) is 11.0 Å². The first-order valence-corrected chi connectivity index (χ1v) is 5.59. The lowest BCUT2D eigenvalue weighted by atomic mass is 10.3. The van der Waals surface area contributed by atoms with Crippen molar-refractivity contribution in [1.29, 1.82) is 0 Å². The Balaban J connectivity index is 2.62. The smallest absolute Gasteiger partial charge is 0.239 e. The molecule has 1 heterocycles. The van der Waals surface area contributed by atoms with Gasteiger partial charge in [-0.15, -0.1) is 0 Å². The van der Waals surface area contributed by atoms with Crippen molar-refractivity contribution in [2.75, 3.05) is 7.05 Å². The van der Waals surface area contributed by atoms with Crippen LogP contribution in [0, 0.1) is 10.6 Å². The summed E-state index contributed by atoms with van der Waals surface area (Å²) in [6.07, 6.45) is 0. The molecule has 0 bridgehead atoms. The molecule has 0 fully saturated rings. The van der Waals surface area contributed by atoms with E-state index >= 15 is 0 Å². The lowest BCUT2D eigenvalue weighted by molar-refractivity contribution is -0.121. The molecule has 2 aromatic rings. The van der Waals surface area contributed by atoms with Crippen LogP contribution < -0.4 is 5.32 Å². The topological polar surface area (TPSA) is 49.8 Å². The molecule has 4 nitrogen and oxygen atoms in total. The van der Waals surface area contributed by atoms with E-state index in [0.29, 0.717) is 15.8 Å². The fraction of sp³-hybridized carbons (Fsp3) is 0.200. The zero-order valence-corrected chi connectivity index (χ0v) is 10.5. The average Bonchev–Trinajstić information content (AvgIpc) is 2.56. The molecule has 2 N–H and O–H groups in total. The van der Waals surface area contributed by atoms with Crippen molar-refractivity contribution in [3.8, 4) is 0 Å². The van der Waals surface area contributed by atoms with E-state index in [1.807, 2.05) is 0 Å². The van der Waals surface area contributed by atoms with E-state index in [4.69, 9.17) is 23.8 Å². The summed E-state index contributed by atoms with van der Waals surface area (Å²) < 4.78 is 15.2. The SMILES string of the molecule is CNC(=O)Cn1c(=S)[nH]c2cc(F)c(Cl)cc21. The number of carbonyl (C=O) groups is 1. The second kappa shape index (κ2) is 4.46. The van der Waals surface area contributed by atoms with Crippen LogP contribution in [0.15, 0.2) is 12.1 Å². The van der Waals surface area contributed by atoms with Crippen molar-refractivity contribution in [3.63, 3.8) is 0 Å². The Kier molecular flexibility index (Phi) is 3.17. The average molecular weight is 274 g/mol. The number of rotatable bonds is 2. The predicted octanol–water partition coefficient (Wildman–Crippen LogP) is 2.24. The Morgan fingerprint density at radius 2 is 2.35 bits per heavy atom. The van der Waals surface area contributed by atoms with E-state index in [1.54, 1.807) is 4.57 Å².